The van der Waals surface area contributed by atoms with Crippen molar-refractivity contribution < 1.29 is 9.47 Å². The van der Waals surface area contributed by atoms with E-state index in [1.165, 1.54) is 0 Å². The highest BCUT2D eigenvalue weighted by Crippen LogP contribution is 2.21. The summed E-state index contributed by atoms with van der Waals surface area (Å²) in [7, 11) is 3.85. The first kappa shape index (κ1) is 12.4. The van der Waals surface area contributed by atoms with Gasteiger partial charge in [0.1, 0.15) is 5.82 Å². The minimum atomic E-state index is 0.327. The smallest absolute Gasteiger partial charge is 0.129 e. The van der Waals surface area contributed by atoms with Gasteiger partial charge in [0.15, 0.2) is 0 Å². The van der Waals surface area contributed by atoms with Crippen molar-refractivity contribution in [3.05, 3.63) is 11.3 Å². The third-order valence-electron chi connectivity index (χ3n) is 3.21. The van der Waals surface area contributed by atoms with Gasteiger partial charge in [0, 0.05) is 32.9 Å². The summed E-state index contributed by atoms with van der Waals surface area (Å²) in [6.45, 7) is 4.27. The monoisotopic (exact) mass is 239 g/mol. The molecule has 0 spiro atoms. The molecule has 1 aromatic heterocycles. The zero-order valence-electron chi connectivity index (χ0n) is 10.8. The predicted molar refractivity (Wildman–Crippen MR) is 66.1 cm³/mol. The fourth-order valence-electron chi connectivity index (χ4n) is 2.23. The highest BCUT2D eigenvalue weighted by molar-refractivity contribution is 5.46. The lowest BCUT2D eigenvalue weighted by Gasteiger charge is -2.22. The quantitative estimate of drug-likeness (QED) is 0.864. The van der Waals surface area contributed by atoms with Gasteiger partial charge in [0.05, 0.1) is 18.4 Å². The summed E-state index contributed by atoms with van der Waals surface area (Å²) in [5.74, 6) is 1.04. The molecule has 0 bridgehead atoms. The first-order valence-electron chi connectivity index (χ1n) is 6.12. The Morgan fingerprint density at radius 2 is 2.18 bits per heavy atom. The third-order valence-corrected chi connectivity index (χ3v) is 3.21. The van der Waals surface area contributed by atoms with E-state index >= 15 is 0 Å². The van der Waals surface area contributed by atoms with Crippen molar-refractivity contribution in [2.45, 2.75) is 32.5 Å². The Hall–Kier alpha value is -1.07. The summed E-state index contributed by atoms with van der Waals surface area (Å²) >= 11 is 0. The van der Waals surface area contributed by atoms with Crippen LogP contribution in [0.15, 0.2) is 0 Å². The van der Waals surface area contributed by atoms with Crippen molar-refractivity contribution in [1.29, 1.82) is 0 Å². The number of ether oxygens (including phenoxy) is 2. The molecule has 0 aliphatic carbocycles. The molecule has 1 aliphatic heterocycles. The van der Waals surface area contributed by atoms with Gasteiger partial charge in [-0.3, -0.25) is 4.68 Å². The normalized spacial score (nSPS) is 17.4. The summed E-state index contributed by atoms with van der Waals surface area (Å²) in [4.78, 5) is 0. The van der Waals surface area contributed by atoms with Crippen molar-refractivity contribution in [3.8, 4) is 0 Å². The number of hydrogen-bond acceptors (Lipinski definition) is 4. The van der Waals surface area contributed by atoms with Crippen LogP contribution in [0.4, 0.5) is 5.82 Å². The van der Waals surface area contributed by atoms with Crippen LogP contribution in [0.1, 0.15) is 24.1 Å². The fraction of sp³-hybridized carbons (Fsp3) is 0.750. The van der Waals surface area contributed by atoms with Crippen LogP contribution in [0, 0.1) is 6.92 Å². The zero-order chi connectivity index (χ0) is 12.3. The molecule has 2 rings (SSSR count). The summed E-state index contributed by atoms with van der Waals surface area (Å²) in [6.07, 6.45) is 2.32. The molecule has 0 aromatic carbocycles. The summed E-state index contributed by atoms with van der Waals surface area (Å²) in [5, 5.41) is 7.56. The summed E-state index contributed by atoms with van der Waals surface area (Å²) < 4.78 is 13.1. The SMILES string of the molecule is CNc1c(COC2CCOCC2)c(C)nn1C. The number of nitrogens with one attached hydrogen (secondary N) is 1. The van der Waals surface area contributed by atoms with Crippen LogP contribution in [-0.2, 0) is 23.1 Å². The van der Waals surface area contributed by atoms with Crippen molar-refractivity contribution in [1.82, 2.24) is 9.78 Å². The van der Waals surface area contributed by atoms with Gasteiger partial charge >= 0.3 is 0 Å². The Balaban J connectivity index is 1.97. The second-order valence-corrected chi connectivity index (χ2v) is 4.41. The molecule has 1 saturated heterocycles. The van der Waals surface area contributed by atoms with Crippen LogP contribution in [0.3, 0.4) is 0 Å². The number of anilines is 1. The molecule has 5 nitrogen and oxygen atoms in total. The zero-order valence-corrected chi connectivity index (χ0v) is 10.8. The molecule has 2 heterocycles. The van der Waals surface area contributed by atoms with E-state index in [1.807, 2.05) is 25.7 Å². The second kappa shape index (κ2) is 5.51. The van der Waals surface area contributed by atoms with Gasteiger partial charge in [-0.15, -0.1) is 0 Å². The first-order valence-corrected chi connectivity index (χ1v) is 6.12. The van der Waals surface area contributed by atoms with Gasteiger partial charge in [-0.25, -0.2) is 0 Å². The largest absolute Gasteiger partial charge is 0.381 e. The van der Waals surface area contributed by atoms with Crippen LogP contribution >= 0.6 is 0 Å². The Labute approximate surface area is 102 Å². The molecular weight excluding hydrogens is 218 g/mol. The molecule has 1 aliphatic rings. The lowest BCUT2D eigenvalue weighted by atomic mass is 10.1. The Bertz CT molecular complexity index is 370. The van der Waals surface area contributed by atoms with Crippen LogP contribution in [0.25, 0.3) is 0 Å². The molecule has 1 N–H and O–H groups in total. The molecule has 96 valence electrons. The molecule has 5 heteroatoms. The number of hydrogen-bond donors (Lipinski definition) is 1. The Kier molecular flexibility index (Phi) is 4.02. The first-order chi connectivity index (χ1) is 8.22. The highest BCUT2D eigenvalue weighted by atomic mass is 16.5. The van der Waals surface area contributed by atoms with E-state index in [2.05, 4.69) is 10.4 Å². The average molecular weight is 239 g/mol. The summed E-state index contributed by atoms with van der Waals surface area (Å²) in [5.41, 5.74) is 2.19. The van der Waals surface area contributed by atoms with Gasteiger partial charge in [-0.1, -0.05) is 0 Å². The molecule has 0 radical (unpaired) electrons. The van der Waals surface area contributed by atoms with Crippen molar-refractivity contribution in [2.24, 2.45) is 7.05 Å². The lowest BCUT2D eigenvalue weighted by molar-refractivity contribution is -0.0390. The molecule has 1 fully saturated rings. The minimum Gasteiger partial charge on any atom is -0.381 e. The van der Waals surface area contributed by atoms with E-state index in [-0.39, 0.29) is 0 Å². The Morgan fingerprint density at radius 1 is 1.47 bits per heavy atom. The van der Waals surface area contributed by atoms with E-state index in [4.69, 9.17) is 9.47 Å². The molecular formula is C12H21N3O2. The van der Waals surface area contributed by atoms with Crippen LogP contribution in [-0.4, -0.2) is 36.1 Å². The topological polar surface area (TPSA) is 48.3 Å². The van der Waals surface area contributed by atoms with Gasteiger partial charge in [-0.05, 0) is 19.8 Å². The second-order valence-electron chi connectivity index (χ2n) is 4.41. The molecule has 0 unspecified atom stereocenters. The van der Waals surface area contributed by atoms with E-state index in [0.29, 0.717) is 12.7 Å². The average Bonchev–Trinajstić information content (AvgIpc) is 2.62. The minimum absolute atomic E-state index is 0.327. The molecule has 1 aromatic rings. The Morgan fingerprint density at radius 3 is 2.82 bits per heavy atom. The van der Waals surface area contributed by atoms with Crippen molar-refractivity contribution in [2.75, 3.05) is 25.6 Å². The van der Waals surface area contributed by atoms with Gasteiger partial charge in [0.2, 0.25) is 0 Å². The fourth-order valence-corrected chi connectivity index (χ4v) is 2.23. The highest BCUT2D eigenvalue weighted by Gasteiger charge is 2.17. The van der Waals surface area contributed by atoms with Crippen molar-refractivity contribution in [3.63, 3.8) is 0 Å². The molecule has 0 amide bonds. The number of nitrogens with zero attached hydrogens (tertiary/aromatic N) is 2. The van der Waals surface area contributed by atoms with Crippen LogP contribution in [0.2, 0.25) is 0 Å². The third kappa shape index (κ3) is 2.79. The van der Waals surface area contributed by atoms with E-state index in [9.17, 15) is 0 Å². The standard InChI is InChI=1S/C12H21N3O2/c1-9-11(12(13-2)15(3)14-9)8-17-10-4-6-16-7-5-10/h10,13H,4-8H2,1-3H3. The molecule has 0 saturated carbocycles. The predicted octanol–water partition coefficient (Wildman–Crippen LogP) is 1.47. The molecule has 0 atom stereocenters. The molecule has 17 heavy (non-hydrogen) atoms. The number of aryl methyl sites for hydroxylation is 2. The van der Waals surface area contributed by atoms with Gasteiger partial charge < -0.3 is 14.8 Å². The van der Waals surface area contributed by atoms with Gasteiger partial charge in [0.25, 0.3) is 0 Å². The van der Waals surface area contributed by atoms with Crippen LogP contribution < -0.4 is 5.32 Å². The van der Waals surface area contributed by atoms with E-state index in [1.54, 1.807) is 0 Å². The summed E-state index contributed by atoms with van der Waals surface area (Å²) in [6, 6.07) is 0. The van der Waals surface area contributed by atoms with E-state index in [0.717, 1.165) is 43.1 Å². The maximum atomic E-state index is 5.93. The number of aromatic nitrogens is 2. The van der Waals surface area contributed by atoms with E-state index < -0.39 is 0 Å². The van der Waals surface area contributed by atoms with Crippen molar-refractivity contribution >= 4 is 5.82 Å². The van der Waals surface area contributed by atoms with Crippen LogP contribution in [0.5, 0.6) is 0 Å². The number of rotatable bonds is 4. The van der Waals surface area contributed by atoms with Gasteiger partial charge in [-0.2, -0.15) is 5.10 Å². The lowest BCUT2D eigenvalue weighted by Crippen LogP contribution is -2.23. The maximum absolute atomic E-state index is 5.93. The maximum Gasteiger partial charge on any atom is 0.129 e.